The number of aliphatic hydroxyl groups is 1. The van der Waals surface area contributed by atoms with Gasteiger partial charge < -0.3 is 5.11 Å². The molecular formula is C8H6BrFO2. The predicted molar refractivity (Wildman–Crippen MR) is 45.5 cm³/mol. The summed E-state index contributed by atoms with van der Waals surface area (Å²) >= 11 is 3.07. The zero-order chi connectivity index (χ0) is 9.14. The molecule has 0 unspecified atom stereocenters. The molecule has 1 aromatic rings. The van der Waals surface area contributed by atoms with Crippen molar-refractivity contribution < 1.29 is 14.3 Å². The Morgan fingerprint density at radius 3 is 2.83 bits per heavy atom. The maximum absolute atomic E-state index is 12.6. The number of aliphatic hydroxyl groups excluding tert-OH is 1. The fraction of sp³-hybridized carbons (Fsp3) is 0.125. The van der Waals surface area contributed by atoms with Crippen LogP contribution in [0.3, 0.4) is 0 Å². The summed E-state index contributed by atoms with van der Waals surface area (Å²) in [7, 11) is 0. The highest BCUT2D eigenvalue weighted by Gasteiger charge is 2.09. The first-order valence-corrected chi connectivity index (χ1v) is 4.03. The Hall–Kier alpha value is -0.740. The number of ketones is 1. The van der Waals surface area contributed by atoms with Crippen molar-refractivity contribution in [3.05, 3.63) is 34.1 Å². The molecule has 1 N–H and O–H groups in total. The van der Waals surface area contributed by atoms with Crippen LogP contribution in [0.1, 0.15) is 10.4 Å². The second-order valence-corrected chi connectivity index (χ2v) is 3.06. The van der Waals surface area contributed by atoms with E-state index in [1.807, 2.05) is 0 Å². The molecule has 0 bridgehead atoms. The number of halogens is 2. The molecule has 0 amide bonds. The summed E-state index contributed by atoms with van der Waals surface area (Å²) in [5, 5.41) is 8.51. The Kier molecular flexibility index (Phi) is 2.94. The van der Waals surface area contributed by atoms with Crippen molar-refractivity contribution in [1.82, 2.24) is 0 Å². The van der Waals surface area contributed by atoms with Crippen molar-refractivity contribution in [2.24, 2.45) is 0 Å². The summed E-state index contributed by atoms with van der Waals surface area (Å²) in [6.07, 6.45) is 0. The van der Waals surface area contributed by atoms with Gasteiger partial charge in [-0.05, 0) is 18.2 Å². The molecule has 0 aliphatic rings. The van der Waals surface area contributed by atoms with Gasteiger partial charge >= 0.3 is 0 Å². The van der Waals surface area contributed by atoms with Gasteiger partial charge in [0.2, 0.25) is 0 Å². The highest BCUT2D eigenvalue weighted by atomic mass is 79.9. The highest BCUT2D eigenvalue weighted by molar-refractivity contribution is 9.10. The Morgan fingerprint density at radius 2 is 2.25 bits per heavy atom. The van der Waals surface area contributed by atoms with E-state index in [0.717, 1.165) is 6.07 Å². The van der Waals surface area contributed by atoms with Crippen molar-refractivity contribution in [2.75, 3.05) is 6.61 Å². The molecule has 64 valence electrons. The zero-order valence-corrected chi connectivity index (χ0v) is 7.64. The molecule has 0 saturated carbocycles. The van der Waals surface area contributed by atoms with Gasteiger partial charge in [-0.1, -0.05) is 15.9 Å². The quantitative estimate of drug-likeness (QED) is 0.790. The number of benzene rings is 1. The molecule has 0 fully saturated rings. The Morgan fingerprint density at radius 1 is 1.58 bits per heavy atom. The van der Waals surface area contributed by atoms with Gasteiger partial charge in [0.1, 0.15) is 12.4 Å². The first-order chi connectivity index (χ1) is 5.65. The average molecular weight is 233 g/mol. The second kappa shape index (κ2) is 3.78. The van der Waals surface area contributed by atoms with Crippen molar-refractivity contribution >= 4 is 21.7 Å². The van der Waals surface area contributed by atoms with Gasteiger partial charge in [0.15, 0.2) is 5.78 Å². The summed E-state index contributed by atoms with van der Waals surface area (Å²) in [5.41, 5.74) is 0.164. The lowest BCUT2D eigenvalue weighted by atomic mass is 10.1. The Balaban J connectivity index is 3.13. The van der Waals surface area contributed by atoms with E-state index >= 15 is 0 Å². The van der Waals surface area contributed by atoms with Gasteiger partial charge in [0.05, 0.1) is 0 Å². The average Bonchev–Trinajstić information content (AvgIpc) is 2.08. The largest absolute Gasteiger partial charge is 0.388 e. The van der Waals surface area contributed by atoms with E-state index in [-0.39, 0.29) is 5.56 Å². The van der Waals surface area contributed by atoms with E-state index in [4.69, 9.17) is 5.11 Å². The van der Waals surface area contributed by atoms with E-state index in [1.54, 1.807) is 0 Å². The van der Waals surface area contributed by atoms with Crippen LogP contribution in [0, 0.1) is 5.82 Å². The summed E-state index contributed by atoms with van der Waals surface area (Å²) in [4.78, 5) is 10.9. The number of hydrogen-bond donors (Lipinski definition) is 1. The Bertz CT molecular complexity index is 312. The molecule has 12 heavy (non-hydrogen) atoms. The number of carbonyl (C=O) groups is 1. The van der Waals surface area contributed by atoms with Crippen LogP contribution in [0.2, 0.25) is 0 Å². The molecule has 0 spiro atoms. The standard InChI is InChI=1S/C8H6BrFO2/c9-7-2-1-5(10)3-6(7)8(12)4-11/h1-3,11H,4H2. The van der Waals surface area contributed by atoms with E-state index in [0.29, 0.717) is 4.47 Å². The summed E-state index contributed by atoms with van der Waals surface area (Å²) < 4.78 is 13.1. The smallest absolute Gasteiger partial charge is 0.189 e. The summed E-state index contributed by atoms with van der Waals surface area (Å²) in [5.74, 6) is -0.989. The predicted octanol–water partition coefficient (Wildman–Crippen LogP) is 1.76. The molecule has 1 rings (SSSR count). The fourth-order valence-electron chi connectivity index (χ4n) is 0.796. The van der Waals surface area contributed by atoms with Crippen LogP contribution in [0.4, 0.5) is 4.39 Å². The lowest BCUT2D eigenvalue weighted by molar-refractivity contribution is 0.0902. The van der Waals surface area contributed by atoms with E-state index in [1.165, 1.54) is 12.1 Å². The lowest BCUT2D eigenvalue weighted by Crippen LogP contribution is -2.05. The third kappa shape index (κ3) is 1.89. The molecule has 0 saturated heterocycles. The van der Waals surface area contributed by atoms with Gasteiger partial charge in [0, 0.05) is 10.0 Å². The van der Waals surface area contributed by atoms with Crippen molar-refractivity contribution in [2.45, 2.75) is 0 Å². The molecule has 0 radical (unpaired) electrons. The molecule has 2 nitrogen and oxygen atoms in total. The lowest BCUT2D eigenvalue weighted by Gasteiger charge is -2.00. The number of rotatable bonds is 2. The zero-order valence-electron chi connectivity index (χ0n) is 6.05. The highest BCUT2D eigenvalue weighted by Crippen LogP contribution is 2.17. The van der Waals surface area contributed by atoms with Gasteiger partial charge in [-0.2, -0.15) is 0 Å². The van der Waals surface area contributed by atoms with E-state index < -0.39 is 18.2 Å². The molecule has 0 aliphatic heterocycles. The molecule has 4 heteroatoms. The van der Waals surface area contributed by atoms with Crippen LogP contribution in [0.25, 0.3) is 0 Å². The second-order valence-electron chi connectivity index (χ2n) is 2.21. The van der Waals surface area contributed by atoms with Gasteiger partial charge in [-0.3, -0.25) is 4.79 Å². The molecule has 0 heterocycles. The van der Waals surface area contributed by atoms with Crippen LogP contribution in [0.15, 0.2) is 22.7 Å². The van der Waals surface area contributed by atoms with Gasteiger partial charge in [0.25, 0.3) is 0 Å². The monoisotopic (exact) mass is 232 g/mol. The third-order valence-electron chi connectivity index (χ3n) is 1.37. The van der Waals surface area contributed by atoms with Crippen molar-refractivity contribution in [3.63, 3.8) is 0 Å². The van der Waals surface area contributed by atoms with E-state index in [9.17, 15) is 9.18 Å². The number of carbonyl (C=O) groups excluding carboxylic acids is 1. The van der Waals surface area contributed by atoms with Crippen molar-refractivity contribution in [1.29, 1.82) is 0 Å². The van der Waals surface area contributed by atoms with Crippen LogP contribution >= 0.6 is 15.9 Å². The van der Waals surface area contributed by atoms with E-state index in [2.05, 4.69) is 15.9 Å². The molecule has 0 aromatic heterocycles. The minimum Gasteiger partial charge on any atom is -0.388 e. The maximum atomic E-state index is 12.6. The molecule has 0 atom stereocenters. The minimum atomic E-state index is -0.609. The van der Waals surface area contributed by atoms with Crippen LogP contribution in [-0.4, -0.2) is 17.5 Å². The summed E-state index contributed by atoms with van der Waals surface area (Å²) in [6.45, 7) is -0.609. The number of Topliss-reactive ketones (excluding diaryl/α,β-unsaturated/α-hetero) is 1. The van der Waals surface area contributed by atoms with Crippen molar-refractivity contribution in [3.8, 4) is 0 Å². The topological polar surface area (TPSA) is 37.3 Å². The first kappa shape index (κ1) is 9.35. The molecule has 1 aromatic carbocycles. The molecular weight excluding hydrogens is 227 g/mol. The SMILES string of the molecule is O=C(CO)c1cc(F)ccc1Br. The maximum Gasteiger partial charge on any atom is 0.189 e. The summed E-state index contributed by atoms with van der Waals surface area (Å²) in [6, 6.07) is 3.75. The number of hydrogen-bond acceptors (Lipinski definition) is 2. The molecule has 0 aliphatic carbocycles. The van der Waals surface area contributed by atoms with Gasteiger partial charge in [-0.25, -0.2) is 4.39 Å². The first-order valence-electron chi connectivity index (χ1n) is 3.24. The normalized spacial score (nSPS) is 9.92. The Labute approximate surface area is 77.2 Å². The van der Waals surface area contributed by atoms with Crippen LogP contribution < -0.4 is 0 Å². The minimum absolute atomic E-state index is 0.164. The van der Waals surface area contributed by atoms with Gasteiger partial charge in [-0.15, -0.1) is 0 Å². The fourth-order valence-corrected chi connectivity index (χ4v) is 1.26. The van der Waals surface area contributed by atoms with Crippen LogP contribution in [0.5, 0.6) is 0 Å². The van der Waals surface area contributed by atoms with Crippen LogP contribution in [-0.2, 0) is 0 Å². The third-order valence-corrected chi connectivity index (χ3v) is 2.06.